The number of aryl methyl sites for hydroxylation is 1. The van der Waals surface area contributed by atoms with Gasteiger partial charge in [0.25, 0.3) is 12.0 Å². The highest BCUT2D eigenvalue weighted by Crippen LogP contribution is 2.16. The molecule has 0 spiro atoms. The SMILES string of the molecule is CCN(C)C1=NCCC1.CCN(C)C1=NCCCC1.CCN(C)C1=NCCCN1.CCN(C)C1=NCCCN1C.CCN(C)C1=NCCCO1.CCN(C)C1=NCCCS1.CCN(C)C1=NCCN1.CCN(C)C1=NCCN1C.CCN(C)C1=NCCO1.CCN(C)C1=NCCS1.CCN1CCN(C)CC1.CCN1CCN=C1N.CCn1ccc(N)c1. The molecule has 0 amide bonds. The summed E-state index contributed by atoms with van der Waals surface area (Å²) in [7, 11) is 27.0. The predicted octanol–water partition coefficient (Wildman–Crippen LogP) is 8.20. The van der Waals surface area contributed by atoms with Gasteiger partial charge in [0.05, 0.1) is 51.0 Å². The van der Waals surface area contributed by atoms with E-state index >= 15 is 0 Å². The second-order valence-electron chi connectivity index (χ2n) is 30.6. The number of hydrogen-bond donors (Lipinski definition) is 4. The van der Waals surface area contributed by atoms with E-state index < -0.39 is 0 Å². The van der Waals surface area contributed by atoms with Crippen LogP contribution in [0.2, 0.25) is 0 Å². The molecular weight excluding hydrogens is 1580 g/mol. The van der Waals surface area contributed by atoms with Gasteiger partial charge in [0, 0.05) is 310 Å². The number of nitrogens with one attached hydrogen (secondary N) is 2. The first-order valence-corrected chi connectivity index (χ1v) is 48.0. The molecule has 13 heterocycles. The van der Waals surface area contributed by atoms with Crippen LogP contribution in [0.3, 0.4) is 0 Å². The first kappa shape index (κ1) is 112. The third kappa shape index (κ3) is 49.2. The van der Waals surface area contributed by atoms with Crippen LogP contribution in [0.25, 0.3) is 0 Å². The fourth-order valence-electron chi connectivity index (χ4n) is 11.9. The summed E-state index contributed by atoms with van der Waals surface area (Å²) >= 11 is 3.72. The zero-order chi connectivity index (χ0) is 90.8. The lowest BCUT2D eigenvalue weighted by atomic mass is 10.2. The first-order chi connectivity index (χ1) is 58.7. The number of aromatic nitrogens is 1. The summed E-state index contributed by atoms with van der Waals surface area (Å²) in [5.41, 5.74) is 11.7. The third-order valence-corrected chi connectivity index (χ3v) is 23.6. The number of guanidine groups is 5. The number of rotatable bonds is 13. The van der Waals surface area contributed by atoms with Crippen molar-refractivity contribution in [1.29, 1.82) is 0 Å². The van der Waals surface area contributed by atoms with Crippen molar-refractivity contribution in [2.75, 3.05) is 332 Å². The number of nitrogens with two attached hydrogens (primary N) is 2. The number of thioether (sulfide) groups is 2. The molecule has 13 rings (SSSR count). The summed E-state index contributed by atoms with van der Waals surface area (Å²) in [5, 5.41) is 8.85. The minimum atomic E-state index is 0.701. The van der Waals surface area contributed by atoms with Crippen LogP contribution in [0, 0.1) is 0 Å². The second-order valence-corrected chi connectivity index (χ2v) is 32.7. The molecule has 0 aliphatic carbocycles. The van der Waals surface area contributed by atoms with Gasteiger partial charge in [-0.1, -0.05) is 30.4 Å². The highest BCUT2D eigenvalue weighted by Gasteiger charge is 2.19. The molecule has 0 atom stereocenters. The minimum absolute atomic E-state index is 0.701. The van der Waals surface area contributed by atoms with Gasteiger partial charge >= 0.3 is 0 Å². The maximum absolute atomic E-state index is 5.47. The van der Waals surface area contributed by atoms with Crippen LogP contribution in [0.1, 0.15) is 148 Å². The number of anilines is 1. The summed E-state index contributed by atoms with van der Waals surface area (Å²) in [6.07, 6.45) is 14.8. The van der Waals surface area contributed by atoms with Crippen molar-refractivity contribution in [3.05, 3.63) is 18.5 Å². The van der Waals surface area contributed by atoms with Crippen LogP contribution in [-0.2, 0) is 16.0 Å². The van der Waals surface area contributed by atoms with Gasteiger partial charge in [0.2, 0.25) is 0 Å². The molecule has 706 valence electrons. The Kier molecular flexibility index (Phi) is 65.2. The predicted molar refractivity (Wildman–Crippen MR) is 534 cm³/mol. The van der Waals surface area contributed by atoms with Crippen molar-refractivity contribution in [3.8, 4) is 0 Å². The monoisotopic (exact) mass is 1750 g/mol. The average molecular weight is 1760 g/mol. The molecule has 0 unspecified atom stereocenters. The fourth-order valence-corrected chi connectivity index (χ4v) is 13.8. The Morgan fingerprint density at radius 1 is 0.369 bits per heavy atom. The zero-order valence-corrected chi connectivity index (χ0v) is 83.8. The number of aliphatic imine (C=N–C) groups is 11. The molecule has 1 fully saturated rings. The standard InChI is InChI=1S/C8H17N3.C8H16N2.2C7H15N3.C7H14N2O.C7H14N2S.C7H16N2.C7H14N2.C6H13N3.C6H12N2O.C6H12N2S.C6H10N2.C5H11N3/c1-4-10(2)8-9-6-5-7-11(8)3;1-3-10(2)8-6-4-5-7-9-8;1-4-9(2)7-8-5-6-10(7)3;1-3-10(2)7-8-5-4-6-9-7;2*1-3-9(2)7-8-5-4-6-10-7;1-3-9-6-4-8(2)5-7-9;1-3-9(2)7-5-4-6-8-7;1-3-9(2)6-7-4-5-8-6;2*1-3-8(2)6-7-4-5-9-6;1-2-8-4-3-6(7)5-8;1-2-8-4-3-7-5(8)6/h4-7H2,1-3H3;3-7H2,1-2H3;4-6H2,1-3H3;3-6H2,1-2H3,(H,8,9);2*3-6H2,1-2H3;3-7H2,1-2H3;3-6H2,1-2H3;3-5H2,1-2H3,(H,7,8);2*3-5H2,1-2H3;3-5H,2,7H2,1H3;2-4H2,1H3,(H2,6,7). The van der Waals surface area contributed by atoms with Gasteiger partial charge in [-0.25, -0.2) is 9.98 Å². The molecular formula is C87H179N31O2S2. The number of nitrogen functional groups attached to an aromatic ring is 1. The summed E-state index contributed by atoms with van der Waals surface area (Å²) in [6, 6.07) is 3.48. The zero-order valence-electron chi connectivity index (χ0n) is 82.1. The molecule has 0 saturated carbocycles. The quantitative estimate of drug-likeness (QED) is 0.145. The van der Waals surface area contributed by atoms with Gasteiger partial charge in [-0.3, -0.25) is 44.9 Å². The Morgan fingerprint density at radius 2 is 0.836 bits per heavy atom. The number of likely N-dealkylation sites (N-methyl/N-ethyl adjacent to an activating group) is 4. The van der Waals surface area contributed by atoms with E-state index in [1.165, 1.54) is 118 Å². The average Bonchev–Trinajstić information content (AvgIpc) is 1.11. The molecule has 12 aliphatic heterocycles. The molecule has 1 aromatic heterocycles. The van der Waals surface area contributed by atoms with Gasteiger partial charge in [-0.05, 0) is 141 Å². The Balaban J connectivity index is 0.000000661. The molecule has 12 aliphatic rings. The van der Waals surface area contributed by atoms with Crippen molar-refractivity contribution >= 4 is 93.1 Å². The van der Waals surface area contributed by atoms with E-state index in [1.807, 2.05) is 77.5 Å². The smallest absolute Gasteiger partial charge is 0.287 e. The lowest BCUT2D eigenvalue weighted by molar-refractivity contribution is 0.160. The highest BCUT2D eigenvalue weighted by atomic mass is 32.2. The van der Waals surface area contributed by atoms with Crippen LogP contribution in [0.15, 0.2) is 73.4 Å². The third-order valence-electron chi connectivity index (χ3n) is 21.3. The van der Waals surface area contributed by atoms with Crippen LogP contribution < -0.4 is 22.1 Å². The van der Waals surface area contributed by atoms with E-state index in [4.69, 9.17) is 20.9 Å². The van der Waals surface area contributed by atoms with Gasteiger partial charge in [0.1, 0.15) is 6.61 Å². The summed E-state index contributed by atoms with van der Waals surface area (Å²) in [6.45, 7) is 63.6. The molecule has 6 N–H and O–H groups in total. The van der Waals surface area contributed by atoms with Gasteiger partial charge in [-0.15, -0.1) is 0 Å². The molecule has 33 nitrogen and oxygen atoms in total. The lowest BCUT2D eigenvalue weighted by Crippen LogP contribution is -2.44. The second kappa shape index (κ2) is 70.7. The molecule has 122 heavy (non-hydrogen) atoms. The van der Waals surface area contributed by atoms with E-state index in [1.54, 1.807) is 0 Å². The number of hydrogen-bond acceptors (Lipinski definition) is 34. The maximum Gasteiger partial charge on any atom is 0.287 e. The number of piperazine rings is 1. The van der Waals surface area contributed by atoms with E-state index in [2.05, 4.69) is 290 Å². The number of amidine groups is 6. The number of nitrogens with zero attached hydrogens (tertiary/aromatic N) is 27. The summed E-state index contributed by atoms with van der Waals surface area (Å²) in [4.78, 5) is 80.0. The van der Waals surface area contributed by atoms with Crippen molar-refractivity contribution in [1.82, 2.24) is 88.7 Å². The normalized spacial score (nSPS) is 17.8. The van der Waals surface area contributed by atoms with Crippen molar-refractivity contribution in [2.24, 2.45) is 60.7 Å². The van der Waals surface area contributed by atoms with E-state index in [0.29, 0.717) is 5.96 Å². The van der Waals surface area contributed by atoms with Crippen LogP contribution in [0.4, 0.5) is 5.69 Å². The number of ether oxygens (including phenoxy) is 2. The van der Waals surface area contributed by atoms with E-state index in [9.17, 15) is 0 Å². The van der Waals surface area contributed by atoms with E-state index in [0.717, 1.165) is 244 Å². The largest absolute Gasteiger partial charge is 0.465 e. The van der Waals surface area contributed by atoms with Crippen molar-refractivity contribution in [3.63, 3.8) is 0 Å². The molecule has 1 saturated heterocycles. The topological polar surface area (TPSA) is 284 Å². The van der Waals surface area contributed by atoms with Gasteiger partial charge < -0.3 is 110 Å². The van der Waals surface area contributed by atoms with Crippen molar-refractivity contribution < 1.29 is 9.47 Å². The maximum atomic E-state index is 5.47. The van der Waals surface area contributed by atoms with Crippen LogP contribution >= 0.6 is 23.5 Å². The fraction of sp³-hybridized carbons (Fsp3) is 0.828. The summed E-state index contributed by atoms with van der Waals surface area (Å²) < 4.78 is 12.5. The molecule has 0 aromatic carbocycles. The molecule has 35 heteroatoms. The Morgan fingerprint density at radius 3 is 1.20 bits per heavy atom. The summed E-state index contributed by atoms with van der Waals surface area (Å²) in [5.74, 6) is 10.1. The van der Waals surface area contributed by atoms with E-state index in [-0.39, 0.29) is 0 Å². The Hall–Kier alpha value is -7.53. The molecule has 0 bridgehead atoms. The van der Waals surface area contributed by atoms with Crippen LogP contribution in [-0.4, -0.2) is 468 Å². The van der Waals surface area contributed by atoms with Crippen LogP contribution in [0.5, 0.6) is 0 Å². The Bertz CT molecular complexity index is 2920. The lowest BCUT2D eigenvalue weighted by Gasteiger charge is -2.31. The Labute approximate surface area is 752 Å². The van der Waals surface area contributed by atoms with Gasteiger partial charge in [0.15, 0.2) is 40.1 Å². The first-order valence-electron chi connectivity index (χ1n) is 46.1. The molecule has 0 radical (unpaired) electrons. The highest BCUT2D eigenvalue weighted by molar-refractivity contribution is 8.14. The van der Waals surface area contributed by atoms with Gasteiger partial charge in [-0.2, -0.15) is 0 Å². The van der Waals surface area contributed by atoms with Crippen molar-refractivity contribution in [2.45, 2.75) is 154 Å². The minimum Gasteiger partial charge on any atom is -0.465 e. The molecule has 1 aromatic rings.